The normalized spacial score (nSPS) is 18.8. The van der Waals surface area contributed by atoms with E-state index in [0.29, 0.717) is 23.1 Å². The van der Waals surface area contributed by atoms with E-state index in [1.54, 1.807) is 30.5 Å². The minimum atomic E-state index is -1.24. The summed E-state index contributed by atoms with van der Waals surface area (Å²) < 4.78 is 13.6. The number of aromatic nitrogens is 1. The van der Waals surface area contributed by atoms with Gasteiger partial charge in [0.25, 0.3) is 0 Å². The van der Waals surface area contributed by atoms with Crippen LogP contribution in [-0.4, -0.2) is 63.5 Å². The van der Waals surface area contributed by atoms with Gasteiger partial charge in [0.1, 0.15) is 18.1 Å². The molecule has 0 bridgehead atoms. The fraction of sp³-hybridized carbons (Fsp3) is 0.444. The van der Waals surface area contributed by atoms with Crippen LogP contribution in [0.3, 0.4) is 0 Å². The van der Waals surface area contributed by atoms with Crippen molar-refractivity contribution >= 4 is 23.8 Å². The van der Waals surface area contributed by atoms with Crippen molar-refractivity contribution in [3.8, 4) is 0 Å². The van der Waals surface area contributed by atoms with Crippen LogP contribution < -0.4 is 11.1 Å². The number of halogens is 1. The van der Waals surface area contributed by atoms with Gasteiger partial charge in [0.2, 0.25) is 11.8 Å². The molecule has 0 unspecified atom stereocenters. The Morgan fingerprint density at radius 2 is 2.08 bits per heavy atom. The maximum absolute atomic E-state index is 13.7. The summed E-state index contributed by atoms with van der Waals surface area (Å²) in [5.74, 6) is -1.40. The Bertz CT molecular complexity index is 1150. The van der Waals surface area contributed by atoms with Crippen molar-refractivity contribution in [3.05, 3.63) is 65.2 Å². The van der Waals surface area contributed by atoms with E-state index >= 15 is 0 Å². The summed E-state index contributed by atoms with van der Waals surface area (Å²) in [6, 6.07) is 8.41. The van der Waals surface area contributed by atoms with Crippen LogP contribution >= 0.6 is 0 Å². The Kier molecular flexibility index (Phi) is 8.88. The summed E-state index contributed by atoms with van der Waals surface area (Å²) >= 11 is 0. The number of carbonyl (C=O) groups excluding carboxylic acids is 3. The number of nitrogens with two attached hydrogens (primary N) is 1. The number of piperidine rings is 1. The van der Waals surface area contributed by atoms with Crippen LogP contribution in [0.2, 0.25) is 0 Å². The van der Waals surface area contributed by atoms with Crippen molar-refractivity contribution < 1.29 is 23.9 Å². The van der Waals surface area contributed by atoms with E-state index in [1.165, 1.54) is 30.9 Å². The van der Waals surface area contributed by atoms with E-state index in [1.807, 2.05) is 0 Å². The van der Waals surface area contributed by atoms with Gasteiger partial charge in [-0.3, -0.25) is 14.6 Å². The standard InChI is InChI=1S/C27H34FN5O4/c1-26(2,30)25(37)32-22(9-7-18-6-8-20(28)13-19(18)15-34)24(36)33-12-10-23(29)27(16-33,17-35)14-21-5-3-4-11-31-21/h3-6,8,11,13,17,22,29,34H,7,9-10,12,14-16,30H2,1-2H3,(H,32,37)/t22-,27-/m1/s1. The molecule has 2 heterocycles. The number of rotatable bonds is 10. The number of nitrogens with zero attached hydrogens (tertiary/aromatic N) is 2. The summed E-state index contributed by atoms with van der Waals surface area (Å²) in [5.41, 5.74) is 5.42. The first-order valence-corrected chi connectivity index (χ1v) is 12.2. The lowest BCUT2D eigenvalue weighted by atomic mass is 9.75. The van der Waals surface area contributed by atoms with Crippen LogP contribution in [0, 0.1) is 16.6 Å². The summed E-state index contributed by atoms with van der Waals surface area (Å²) in [7, 11) is 0. The first-order valence-electron chi connectivity index (χ1n) is 12.2. The molecule has 1 fully saturated rings. The molecule has 2 atom stereocenters. The van der Waals surface area contributed by atoms with Gasteiger partial charge in [-0.2, -0.15) is 0 Å². The van der Waals surface area contributed by atoms with Gasteiger partial charge in [-0.25, -0.2) is 4.39 Å². The van der Waals surface area contributed by atoms with Gasteiger partial charge in [-0.05, 0) is 62.1 Å². The highest BCUT2D eigenvalue weighted by Gasteiger charge is 2.43. The maximum Gasteiger partial charge on any atom is 0.245 e. The highest BCUT2D eigenvalue weighted by molar-refractivity contribution is 6.02. The van der Waals surface area contributed by atoms with Crippen molar-refractivity contribution in [2.24, 2.45) is 11.1 Å². The number of carbonyl (C=O) groups is 3. The molecule has 37 heavy (non-hydrogen) atoms. The SMILES string of the molecule is CC(C)(N)C(=O)N[C@H](CCc1ccc(F)cc1CO)C(=O)N1CCC(=N)[C@](C=O)(Cc2ccccn2)C1. The fourth-order valence-corrected chi connectivity index (χ4v) is 4.44. The molecule has 1 saturated heterocycles. The molecule has 0 saturated carbocycles. The number of hydrogen-bond acceptors (Lipinski definition) is 7. The molecule has 2 aromatic rings. The summed E-state index contributed by atoms with van der Waals surface area (Å²) in [4.78, 5) is 44.5. The molecule has 1 aromatic carbocycles. The van der Waals surface area contributed by atoms with Gasteiger partial charge in [-0.1, -0.05) is 12.1 Å². The zero-order valence-corrected chi connectivity index (χ0v) is 21.2. The summed E-state index contributed by atoms with van der Waals surface area (Å²) in [6.07, 6.45) is 3.18. The van der Waals surface area contributed by atoms with Gasteiger partial charge in [0.15, 0.2) is 0 Å². The zero-order chi connectivity index (χ0) is 27.2. The molecule has 3 rings (SSSR count). The van der Waals surface area contributed by atoms with E-state index in [0.717, 1.165) is 0 Å². The third-order valence-corrected chi connectivity index (χ3v) is 6.70. The smallest absolute Gasteiger partial charge is 0.245 e. The number of aryl methyl sites for hydroxylation is 1. The molecule has 198 valence electrons. The van der Waals surface area contributed by atoms with Crippen LogP contribution in [0.1, 0.15) is 43.5 Å². The average Bonchev–Trinajstić information content (AvgIpc) is 2.87. The van der Waals surface area contributed by atoms with E-state index in [2.05, 4.69) is 10.3 Å². The molecule has 0 spiro atoms. The fourth-order valence-electron chi connectivity index (χ4n) is 4.44. The molecule has 10 heteroatoms. The van der Waals surface area contributed by atoms with Crippen molar-refractivity contribution in [1.82, 2.24) is 15.2 Å². The first kappa shape index (κ1) is 28.1. The molecule has 5 N–H and O–H groups in total. The molecule has 0 radical (unpaired) electrons. The number of amides is 2. The van der Waals surface area contributed by atoms with Gasteiger partial charge in [0.05, 0.1) is 17.6 Å². The number of hydrogen-bond donors (Lipinski definition) is 4. The van der Waals surface area contributed by atoms with Crippen molar-refractivity contribution in [3.63, 3.8) is 0 Å². The lowest BCUT2D eigenvalue weighted by Crippen LogP contribution is -2.60. The highest BCUT2D eigenvalue weighted by atomic mass is 19.1. The number of aliphatic hydroxyl groups is 1. The Hall–Kier alpha value is -3.50. The Morgan fingerprint density at radius 1 is 1.32 bits per heavy atom. The van der Waals surface area contributed by atoms with E-state index in [-0.39, 0.29) is 51.1 Å². The molecule has 1 aliphatic rings. The summed E-state index contributed by atoms with van der Waals surface area (Å²) in [6.45, 7) is 2.91. The molecule has 0 aliphatic carbocycles. The third kappa shape index (κ3) is 6.84. The quantitative estimate of drug-likeness (QED) is 0.356. The zero-order valence-electron chi connectivity index (χ0n) is 21.2. The largest absolute Gasteiger partial charge is 0.392 e. The second-order valence-corrected chi connectivity index (χ2v) is 10.1. The number of benzene rings is 1. The predicted octanol–water partition coefficient (Wildman–Crippen LogP) is 1.55. The average molecular weight is 512 g/mol. The van der Waals surface area contributed by atoms with E-state index < -0.39 is 34.6 Å². The Labute approximate surface area is 215 Å². The molecule has 9 nitrogen and oxygen atoms in total. The van der Waals surface area contributed by atoms with Crippen LogP contribution in [0.4, 0.5) is 4.39 Å². The van der Waals surface area contributed by atoms with Crippen molar-refractivity contribution in [2.45, 2.75) is 57.7 Å². The molecular formula is C27H34FN5O4. The lowest BCUT2D eigenvalue weighted by molar-refractivity contribution is -0.139. The Morgan fingerprint density at radius 3 is 2.70 bits per heavy atom. The van der Waals surface area contributed by atoms with Gasteiger partial charge >= 0.3 is 0 Å². The predicted molar refractivity (Wildman–Crippen MR) is 136 cm³/mol. The minimum Gasteiger partial charge on any atom is -0.392 e. The van der Waals surface area contributed by atoms with Crippen LogP contribution in [0.25, 0.3) is 0 Å². The number of aliphatic hydroxyl groups excluding tert-OH is 1. The minimum absolute atomic E-state index is 0.0123. The Balaban J connectivity index is 1.84. The number of aldehydes is 1. The van der Waals surface area contributed by atoms with Crippen LogP contribution in [0.15, 0.2) is 42.6 Å². The number of nitrogens with one attached hydrogen (secondary N) is 2. The second-order valence-electron chi connectivity index (χ2n) is 10.1. The van der Waals surface area contributed by atoms with E-state index in [4.69, 9.17) is 11.1 Å². The van der Waals surface area contributed by atoms with Crippen molar-refractivity contribution in [1.29, 1.82) is 5.41 Å². The van der Waals surface area contributed by atoms with Crippen LogP contribution in [-0.2, 0) is 33.8 Å². The van der Waals surface area contributed by atoms with Gasteiger partial charge in [-0.15, -0.1) is 0 Å². The van der Waals surface area contributed by atoms with Gasteiger partial charge < -0.3 is 31.3 Å². The highest BCUT2D eigenvalue weighted by Crippen LogP contribution is 2.29. The lowest BCUT2D eigenvalue weighted by Gasteiger charge is -2.41. The van der Waals surface area contributed by atoms with Crippen LogP contribution in [0.5, 0.6) is 0 Å². The second kappa shape index (κ2) is 11.7. The molecule has 2 amide bonds. The first-order chi connectivity index (χ1) is 17.5. The third-order valence-electron chi connectivity index (χ3n) is 6.70. The number of pyridine rings is 1. The topological polar surface area (TPSA) is 149 Å². The van der Waals surface area contributed by atoms with Gasteiger partial charge in [0, 0.05) is 43.5 Å². The molecule has 1 aliphatic heterocycles. The van der Waals surface area contributed by atoms with E-state index in [9.17, 15) is 23.9 Å². The monoisotopic (exact) mass is 511 g/mol. The number of likely N-dealkylation sites (tertiary alicyclic amines) is 1. The molecular weight excluding hydrogens is 477 g/mol. The van der Waals surface area contributed by atoms with Crippen molar-refractivity contribution in [2.75, 3.05) is 13.1 Å². The summed E-state index contributed by atoms with van der Waals surface area (Å²) in [5, 5.41) is 20.8. The maximum atomic E-state index is 13.7. The molecule has 1 aromatic heterocycles.